The van der Waals surface area contributed by atoms with Crippen molar-refractivity contribution < 1.29 is 18.0 Å². The van der Waals surface area contributed by atoms with Gasteiger partial charge in [0.15, 0.2) is 0 Å². The van der Waals surface area contributed by atoms with Crippen molar-refractivity contribution in [3.05, 3.63) is 54.6 Å². The highest BCUT2D eigenvalue weighted by Crippen LogP contribution is 2.15. The minimum Gasteiger partial charge on any atom is -0.326 e. The van der Waals surface area contributed by atoms with Gasteiger partial charge >= 0.3 is 0 Å². The fourth-order valence-electron chi connectivity index (χ4n) is 2.08. The van der Waals surface area contributed by atoms with Gasteiger partial charge < -0.3 is 10.6 Å². The lowest BCUT2D eigenvalue weighted by Gasteiger charge is -2.09. The normalized spacial score (nSPS) is 10.9. The SMILES string of the molecule is CC(=O)Nc1cccc(NC(=O)CCNS(=O)(=O)c2ccccc2)c1. The summed E-state index contributed by atoms with van der Waals surface area (Å²) in [6.45, 7) is 1.37. The molecule has 2 rings (SSSR count). The molecule has 0 saturated carbocycles. The van der Waals surface area contributed by atoms with Crippen LogP contribution in [-0.4, -0.2) is 26.8 Å². The van der Waals surface area contributed by atoms with Gasteiger partial charge in [0.1, 0.15) is 0 Å². The topological polar surface area (TPSA) is 104 Å². The summed E-state index contributed by atoms with van der Waals surface area (Å²) in [7, 11) is -3.63. The van der Waals surface area contributed by atoms with Crippen LogP contribution in [-0.2, 0) is 19.6 Å². The standard InChI is InChI=1S/C17H19N3O4S/c1-13(21)19-14-6-5-7-15(12-14)20-17(22)10-11-18-25(23,24)16-8-3-2-4-9-16/h2-9,12,18H,10-11H2,1H3,(H,19,21)(H,20,22). The number of amides is 2. The summed E-state index contributed by atoms with van der Waals surface area (Å²) in [6.07, 6.45) is -0.0174. The van der Waals surface area contributed by atoms with Crippen LogP contribution >= 0.6 is 0 Å². The molecule has 3 N–H and O–H groups in total. The zero-order valence-electron chi connectivity index (χ0n) is 13.7. The second-order valence-electron chi connectivity index (χ2n) is 5.27. The van der Waals surface area contributed by atoms with Crippen LogP contribution in [0, 0.1) is 0 Å². The Hall–Kier alpha value is -2.71. The van der Waals surface area contributed by atoms with Crippen molar-refractivity contribution in [2.24, 2.45) is 0 Å². The lowest BCUT2D eigenvalue weighted by molar-refractivity contribution is -0.116. The molecule has 0 aliphatic rings. The van der Waals surface area contributed by atoms with Gasteiger partial charge in [0, 0.05) is 31.3 Å². The summed E-state index contributed by atoms with van der Waals surface area (Å²) in [6, 6.07) is 14.6. The Balaban J connectivity index is 1.86. The molecule has 132 valence electrons. The molecule has 25 heavy (non-hydrogen) atoms. The van der Waals surface area contributed by atoms with Crippen LogP contribution in [0.25, 0.3) is 0 Å². The fourth-order valence-corrected chi connectivity index (χ4v) is 3.14. The van der Waals surface area contributed by atoms with E-state index in [2.05, 4.69) is 15.4 Å². The zero-order chi connectivity index (χ0) is 18.3. The molecule has 8 heteroatoms. The first-order valence-electron chi connectivity index (χ1n) is 7.59. The maximum absolute atomic E-state index is 12.0. The van der Waals surface area contributed by atoms with Crippen molar-refractivity contribution in [1.29, 1.82) is 0 Å². The predicted octanol–water partition coefficient (Wildman–Crippen LogP) is 1.95. The Bertz CT molecular complexity index is 851. The number of benzene rings is 2. The molecule has 0 aliphatic heterocycles. The molecule has 0 atom stereocenters. The molecule has 0 radical (unpaired) electrons. The molecule has 7 nitrogen and oxygen atoms in total. The Morgan fingerprint density at radius 3 is 2.20 bits per heavy atom. The molecule has 0 heterocycles. The second kappa shape index (κ2) is 8.41. The molecular weight excluding hydrogens is 342 g/mol. The minimum atomic E-state index is -3.63. The van der Waals surface area contributed by atoms with Gasteiger partial charge in [-0.25, -0.2) is 13.1 Å². The molecule has 2 aromatic carbocycles. The average molecular weight is 361 g/mol. The van der Waals surface area contributed by atoms with Crippen molar-refractivity contribution >= 4 is 33.2 Å². The second-order valence-corrected chi connectivity index (χ2v) is 7.04. The third-order valence-corrected chi connectivity index (χ3v) is 4.64. The smallest absolute Gasteiger partial charge is 0.240 e. The minimum absolute atomic E-state index is 0.0174. The van der Waals surface area contributed by atoms with Crippen LogP contribution in [0.4, 0.5) is 11.4 Å². The van der Waals surface area contributed by atoms with Crippen molar-refractivity contribution in [2.75, 3.05) is 17.2 Å². The van der Waals surface area contributed by atoms with Crippen LogP contribution in [0.5, 0.6) is 0 Å². The molecular formula is C17H19N3O4S. The number of sulfonamides is 1. The molecule has 0 unspecified atom stereocenters. The summed E-state index contributed by atoms with van der Waals surface area (Å²) in [5.41, 5.74) is 1.08. The summed E-state index contributed by atoms with van der Waals surface area (Å²) in [4.78, 5) is 23.1. The summed E-state index contributed by atoms with van der Waals surface area (Å²) in [5, 5.41) is 5.27. The summed E-state index contributed by atoms with van der Waals surface area (Å²) < 4.78 is 26.5. The largest absolute Gasteiger partial charge is 0.326 e. The molecule has 0 saturated heterocycles. The Labute approximate surface area is 146 Å². The maximum Gasteiger partial charge on any atom is 0.240 e. The first-order chi connectivity index (χ1) is 11.9. The van der Waals surface area contributed by atoms with Gasteiger partial charge in [-0.1, -0.05) is 24.3 Å². The number of hydrogen-bond acceptors (Lipinski definition) is 4. The van der Waals surface area contributed by atoms with E-state index in [1.54, 1.807) is 42.5 Å². The number of carbonyl (C=O) groups excluding carboxylic acids is 2. The third-order valence-electron chi connectivity index (χ3n) is 3.16. The first-order valence-corrected chi connectivity index (χ1v) is 9.07. The van der Waals surface area contributed by atoms with Gasteiger partial charge in [-0.05, 0) is 30.3 Å². The maximum atomic E-state index is 12.0. The molecule has 2 aromatic rings. The van der Waals surface area contributed by atoms with E-state index < -0.39 is 10.0 Å². The Kier molecular flexibility index (Phi) is 6.26. The van der Waals surface area contributed by atoms with Crippen LogP contribution < -0.4 is 15.4 Å². The number of carbonyl (C=O) groups is 2. The number of anilines is 2. The molecule has 0 aliphatic carbocycles. The van der Waals surface area contributed by atoms with E-state index in [1.165, 1.54) is 19.1 Å². The van der Waals surface area contributed by atoms with E-state index in [0.29, 0.717) is 11.4 Å². The van der Waals surface area contributed by atoms with Crippen LogP contribution in [0.2, 0.25) is 0 Å². The zero-order valence-corrected chi connectivity index (χ0v) is 14.5. The molecule has 0 fully saturated rings. The molecule has 0 spiro atoms. The van der Waals surface area contributed by atoms with Crippen LogP contribution in [0.3, 0.4) is 0 Å². The Morgan fingerprint density at radius 2 is 1.56 bits per heavy atom. The van der Waals surface area contributed by atoms with Crippen LogP contribution in [0.15, 0.2) is 59.5 Å². The highest BCUT2D eigenvalue weighted by atomic mass is 32.2. The van der Waals surface area contributed by atoms with Gasteiger partial charge in [-0.2, -0.15) is 0 Å². The quantitative estimate of drug-likeness (QED) is 0.701. The van der Waals surface area contributed by atoms with E-state index in [9.17, 15) is 18.0 Å². The third kappa shape index (κ3) is 6.02. The van der Waals surface area contributed by atoms with Crippen molar-refractivity contribution in [3.8, 4) is 0 Å². The predicted molar refractivity (Wildman–Crippen MR) is 95.6 cm³/mol. The number of nitrogens with one attached hydrogen (secondary N) is 3. The summed E-state index contributed by atoms with van der Waals surface area (Å²) >= 11 is 0. The van der Waals surface area contributed by atoms with Crippen molar-refractivity contribution in [3.63, 3.8) is 0 Å². The van der Waals surface area contributed by atoms with Crippen LogP contribution in [0.1, 0.15) is 13.3 Å². The van der Waals surface area contributed by atoms with E-state index in [1.807, 2.05) is 0 Å². The lowest BCUT2D eigenvalue weighted by atomic mass is 10.2. The number of rotatable bonds is 7. The lowest BCUT2D eigenvalue weighted by Crippen LogP contribution is -2.27. The molecule has 2 amide bonds. The average Bonchev–Trinajstić information content (AvgIpc) is 2.55. The highest BCUT2D eigenvalue weighted by molar-refractivity contribution is 7.89. The van der Waals surface area contributed by atoms with Crippen molar-refractivity contribution in [2.45, 2.75) is 18.2 Å². The van der Waals surface area contributed by atoms with Gasteiger partial charge in [0.25, 0.3) is 0 Å². The van der Waals surface area contributed by atoms with E-state index in [4.69, 9.17) is 0 Å². The van der Waals surface area contributed by atoms with E-state index in [0.717, 1.165) is 0 Å². The van der Waals surface area contributed by atoms with Crippen molar-refractivity contribution in [1.82, 2.24) is 4.72 Å². The van der Waals surface area contributed by atoms with Gasteiger partial charge in [0.05, 0.1) is 4.90 Å². The highest BCUT2D eigenvalue weighted by Gasteiger charge is 2.13. The van der Waals surface area contributed by atoms with Gasteiger partial charge in [-0.3, -0.25) is 9.59 Å². The van der Waals surface area contributed by atoms with Gasteiger partial charge in [-0.15, -0.1) is 0 Å². The summed E-state index contributed by atoms with van der Waals surface area (Å²) in [5.74, 6) is -0.547. The van der Waals surface area contributed by atoms with E-state index in [-0.39, 0.29) is 29.7 Å². The van der Waals surface area contributed by atoms with E-state index >= 15 is 0 Å². The monoisotopic (exact) mass is 361 g/mol. The first kappa shape index (κ1) is 18.6. The molecule has 0 aromatic heterocycles. The number of hydrogen-bond donors (Lipinski definition) is 3. The molecule has 0 bridgehead atoms. The Morgan fingerprint density at radius 1 is 0.920 bits per heavy atom. The van der Waals surface area contributed by atoms with Gasteiger partial charge in [0.2, 0.25) is 21.8 Å². The fraction of sp³-hybridized carbons (Fsp3) is 0.176.